The summed E-state index contributed by atoms with van der Waals surface area (Å²) in [6.07, 6.45) is 5.78. The Morgan fingerprint density at radius 2 is 2.17 bits per heavy atom. The summed E-state index contributed by atoms with van der Waals surface area (Å²) in [6.45, 7) is 2.19. The predicted molar refractivity (Wildman–Crippen MR) is 75.2 cm³/mol. The van der Waals surface area contributed by atoms with Crippen LogP contribution in [-0.4, -0.2) is 23.1 Å². The summed E-state index contributed by atoms with van der Waals surface area (Å²) in [7, 11) is 0. The summed E-state index contributed by atoms with van der Waals surface area (Å²) in [6, 6.07) is 1.92. The molecule has 3 rings (SSSR count). The van der Waals surface area contributed by atoms with Crippen LogP contribution in [0.25, 0.3) is 11.3 Å². The molecule has 3 nitrogen and oxygen atoms in total. The minimum atomic E-state index is 0.602. The van der Waals surface area contributed by atoms with Gasteiger partial charge in [0.05, 0.1) is 15.7 Å². The molecule has 2 aromatic rings. The first-order valence-corrected chi connectivity index (χ1v) is 7.36. The number of thiazole rings is 1. The second-order valence-corrected chi connectivity index (χ2v) is 5.75. The van der Waals surface area contributed by atoms with Crippen LogP contribution in [0.4, 0.5) is 0 Å². The lowest BCUT2D eigenvalue weighted by Crippen LogP contribution is -2.26. The van der Waals surface area contributed by atoms with Crippen molar-refractivity contribution in [2.24, 2.45) is 0 Å². The van der Waals surface area contributed by atoms with Crippen molar-refractivity contribution in [3.63, 3.8) is 0 Å². The number of aromatic nitrogens is 2. The average molecular weight is 280 g/mol. The Hall–Kier alpha value is -0.970. The molecule has 1 N–H and O–H groups in total. The first kappa shape index (κ1) is 12.1. The van der Waals surface area contributed by atoms with Crippen molar-refractivity contribution in [2.45, 2.75) is 18.8 Å². The van der Waals surface area contributed by atoms with Crippen LogP contribution in [0.5, 0.6) is 0 Å². The highest BCUT2D eigenvalue weighted by atomic mass is 35.5. The van der Waals surface area contributed by atoms with E-state index in [-0.39, 0.29) is 0 Å². The molecule has 0 radical (unpaired) electrons. The standard InChI is InChI=1S/C13H14ClN3S/c14-11-7-16-6-3-10(11)12-8-18-13(17-12)9-1-4-15-5-2-9/h3,6-9,15H,1-2,4-5H2. The number of hydrogen-bond acceptors (Lipinski definition) is 4. The Morgan fingerprint density at radius 3 is 2.94 bits per heavy atom. The van der Waals surface area contributed by atoms with E-state index >= 15 is 0 Å². The fourth-order valence-electron chi connectivity index (χ4n) is 2.25. The van der Waals surface area contributed by atoms with E-state index in [1.807, 2.05) is 6.07 Å². The van der Waals surface area contributed by atoms with Crippen LogP contribution in [0.3, 0.4) is 0 Å². The number of nitrogens with zero attached hydrogens (tertiary/aromatic N) is 2. The van der Waals surface area contributed by atoms with Gasteiger partial charge in [0.1, 0.15) is 0 Å². The largest absolute Gasteiger partial charge is 0.317 e. The molecule has 3 heterocycles. The molecule has 0 saturated carbocycles. The third-order valence-electron chi connectivity index (χ3n) is 3.26. The number of nitrogens with one attached hydrogen (secondary N) is 1. The van der Waals surface area contributed by atoms with Crippen LogP contribution < -0.4 is 5.32 Å². The van der Waals surface area contributed by atoms with Gasteiger partial charge in [-0.05, 0) is 32.0 Å². The van der Waals surface area contributed by atoms with Gasteiger partial charge in [0.2, 0.25) is 0 Å². The smallest absolute Gasteiger partial charge is 0.0964 e. The third-order valence-corrected chi connectivity index (χ3v) is 4.57. The molecule has 1 aliphatic heterocycles. The highest BCUT2D eigenvalue weighted by Gasteiger charge is 2.19. The highest BCUT2D eigenvalue weighted by Crippen LogP contribution is 2.33. The predicted octanol–water partition coefficient (Wildman–Crippen LogP) is 3.33. The maximum atomic E-state index is 6.15. The average Bonchev–Trinajstić information content (AvgIpc) is 2.90. The van der Waals surface area contributed by atoms with Gasteiger partial charge in [-0.2, -0.15) is 0 Å². The maximum Gasteiger partial charge on any atom is 0.0964 e. The monoisotopic (exact) mass is 279 g/mol. The molecule has 0 spiro atoms. The maximum absolute atomic E-state index is 6.15. The Kier molecular flexibility index (Phi) is 3.59. The molecule has 0 unspecified atom stereocenters. The Bertz CT molecular complexity index is 535. The molecule has 0 amide bonds. The fraction of sp³-hybridized carbons (Fsp3) is 0.385. The Balaban J connectivity index is 1.87. The van der Waals surface area contributed by atoms with Crippen molar-refractivity contribution in [1.82, 2.24) is 15.3 Å². The third kappa shape index (κ3) is 2.41. The molecule has 1 saturated heterocycles. The van der Waals surface area contributed by atoms with Gasteiger partial charge >= 0.3 is 0 Å². The van der Waals surface area contributed by atoms with Crippen LogP contribution in [0.2, 0.25) is 5.02 Å². The minimum absolute atomic E-state index is 0.602. The summed E-state index contributed by atoms with van der Waals surface area (Å²) in [5, 5.41) is 7.38. The van der Waals surface area contributed by atoms with E-state index in [9.17, 15) is 0 Å². The lowest BCUT2D eigenvalue weighted by molar-refractivity contribution is 0.459. The van der Waals surface area contributed by atoms with Crippen molar-refractivity contribution in [3.8, 4) is 11.3 Å². The SMILES string of the molecule is Clc1cnccc1-c1csc(C2CCNCC2)n1. The normalized spacial score (nSPS) is 16.9. The van der Waals surface area contributed by atoms with Gasteiger partial charge in [-0.3, -0.25) is 4.98 Å². The molecule has 1 fully saturated rings. The van der Waals surface area contributed by atoms with Crippen molar-refractivity contribution < 1.29 is 0 Å². The molecule has 0 atom stereocenters. The molecule has 0 bridgehead atoms. The van der Waals surface area contributed by atoms with E-state index in [0.717, 1.165) is 24.3 Å². The van der Waals surface area contributed by atoms with Gasteiger partial charge in [-0.1, -0.05) is 11.6 Å². The van der Waals surface area contributed by atoms with E-state index in [0.29, 0.717) is 10.9 Å². The number of rotatable bonds is 2. The van der Waals surface area contributed by atoms with Crippen LogP contribution in [0.1, 0.15) is 23.8 Å². The van der Waals surface area contributed by atoms with Crippen molar-refractivity contribution >= 4 is 22.9 Å². The van der Waals surface area contributed by atoms with Gasteiger partial charge in [-0.15, -0.1) is 11.3 Å². The molecule has 1 aliphatic rings. The van der Waals surface area contributed by atoms with Gasteiger partial charge in [-0.25, -0.2) is 4.98 Å². The lowest BCUT2D eigenvalue weighted by atomic mass is 9.99. The first-order valence-electron chi connectivity index (χ1n) is 6.10. The van der Waals surface area contributed by atoms with E-state index in [1.54, 1.807) is 23.7 Å². The first-order chi connectivity index (χ1) is 8.84. The molecule has 94 valence electrons. The fourth-order valence-corrected chi connectivity index (χ4v) is 3.46. The minimum Gasteiger partial charge on any atom is -0.317 e. The molecule has 5 heteroatoms. The van der Waals surface area contributed by atoms with Crippen LogP contribution in [0, 0.1) is 0 Å². The zero-order chi connectivity index (χ0) is 12.4. The van der Waals surface area contributed by atoms with Crippen LogP contribution in [0.15, 0.2) is 23.8 Å². The van der Waals surface area contributed by atoms with E-state index in [1.165, 1.54) is 17.8 Å². The van der Waals surface area contributed by atoms with Crippen molar-refractivity contribution in [1.29, 1.82) is 0 Å². The summed E-state index contributed by atoms with van der Waals surface area (Å²) >= 11 is 7.89. The summed E-state index contributed by atoms with van der Waals surface area (Å²) in [4.78, 5) is 8.75. The zero-order valence-electron chi connectivity index (χ0n) is 9.90. The van der Waals surface area contributed by atoms with E-state index in [2.05, 4.69) is 15.7 Å². The molecule has 18 heavy (non-hydrogen) atoms. The number of halogens is 1. The number of pyridine rings is 1. The summed E-state index contributed by atoms with van der Waals surface area (Å²) in [5.41, 5.74) is 1.95. The molecule has 0 aromatic carbocycles. The zero-order valence-corrected chi connectivity index (χ0v) is 11.5. The summed E-state index contributed by atoms with van der Waals surface area (Å²) in [5.74, 6) is 0.602. The number of hydrogen-bond donors (Lipinski definition) is 1. The van der Waals surface area contributed by atoms with Crippen LogP contribution >= 0.6 is 22.9 Å². The van der Waals surface area contributed by atoms with Gasteiger partial charge < -0.3 is 5.32 Å². The quantitative estimate of drug-likeness (QED) is 0.916. The van der Waals surface area contributed by atoms with Gasteiger partial charge in [0.15, 0.2) is 0 Å². The van der Waals surface area contributed by atoms with Crippen molar-refractivity contribution in [2.75, 3.05) is 13.1 Å². The van der Waals surface area contributed by atoms with E-state index < -0.39 is 0 Å². The topological polar surface area (TPSA) is 37.8 Å². The molecular formula is C13H14ClN3S. The van der Waals surface area contributed by atoms with Gasteiger partial charge in [0, 0.05) is 29.3 Å². The van der Waals surface area contributed by atoms with Crippen LogP contribution in [-0.2, 0) is 0 Å². The second-order valence-electron chi connectivity index (χ2n) is 4.45. The Morgan fingerprint density at radius 1 is 1.33 bits per heavy atom. The molecule has 0 aliphatic carbocycles. The highest BCUT2D eigenvalue weighted by molar-refractivity contribution is 7.10. The molecular weight excluding hydrogens is 266 g/mol. The number of piperidine rings is 1. The van der Waals surface area contributed by atoms with E-state index in [4.69, 9.17) is 16.6 Å². The second kappa shape index (κ2) is 5.34. The van der Waals surface area contributed by atoms with Gasteiger partial charge in [0.25, 0.3) is 0 Å². The molecule has 2 aromatic heterocycles. The Labute approximate surface area is 115 Å². The lowest BCUT2D eigenvalue weighted by Gasteiger charge is -2.20. The summed E-state index contributed by atoms with van der Waals surface area (Å²) < 4.78 is 0. The van der Waals surface area contributed by atoms with Crippen molar-refractivity contribution in [3.05, 3.63) is 33.9 Å².